The van der Waals surface area contributed by atoms with E-state index in [1.54, 1.807) is 6.07 Å². The van der Waals surface area contributed by atoms with Crippen molar-refractivity contribution in [2.24, 2.45) is 0 Å². The normalized spacial score (nSPS) is 10.5. The molecule has 2 aromatic rings. The van der Waals surface area contributed by atoms with Crippen molar-refractivity contribution in [2.75, 3.05) is 0 Å². The highest BCUT2D eigenvalue weighted by atomic mass is 19.1. The summed E-state index contributed by atoms with van der Waals surface area (Å²) in [6.45, 7) is 3.87. The molecular formula is C17H17FO. The molecule has 0 bridgehead atoms. The van der Waals surface area contributed by atoms with Gasteiger partial charge in [0.25, 0.3) is 0 Å². The van der Waals surface area contributed by atoms with Gasteiger partial charge in [-0.1, -0.05) is 30.3 Å². The minimum absolute atomic E-state index is 0.000234. The number of halogens is 1. The number of carbonyl (C=O) groups excluding carboxylic acids is 1. The number of ketones is 1. The van der Waals surface area contributed by atoms with Gasteiger partial charge in [0.05, 0.1) is 0 Å². The summed E-state index contributed by atoms with van der Waals surface area (Å²) in [7, 11) is 0. The largest absolute Gasteiger partial charge is 0.294 e. The Morgan fingerprint density at radius 2 is 1.79 bits per heavy atom. The van der Waals surface area contributed by atoms with Crippen molar-refractivity contribution >= 4 is 5.78 Å². The van der Waals surface area contributed by atoms with Gasteiger partial charge in [-0.3, -0.25) is 4.79 Å². The summed E-state index contributed by atoms with van der Waals surface area (Å²) in [6.07, 6.45) is 1.11. The summed E-state index contributed by atoms with van der Waals surface area (Å²) in [5, 5.41) is 0. The topological polar surface area (TPSA) is 17.1 Å². The first kappa shape index (κ1) is 13.5. The lowest BCUT2D eigenvalue weighted by molar-refractivity contribution is 0.0982. The minimum atomic E-state index is -0.357. The van der Waals surface area contributed by atoms with Crippen LogP contribution in [-0.4, -0.2) is 5.78 Å². The predicted octanol–water partition coefficient (Wildman–Crippen LogP) is 4.26. The summed E-state index contributed by atoms with van der Waals surface area (Å²) in [6, 6.07) is 12.4. The molecule has 0 saturated carbocycles. The molecule has 0 amide bonds. The van der Waals surface area contributed by atoms with Gasteiger partial charge in [0.1, 0.15) is 5.82 Å². The Hall–Kier alpha value is -1.96. The number of carbonyl (C=O) groups is 1. The number of aryl methyl sites for hydroxylation is 3. The molecule has 0 fully saturated rings. The fraction of sp³-hybridized carbons (Fsp3) is 0.235. The molecule has 0 radical (unpaired) electrons. The van der Waals surface area contributed by atoms with E-state index in [0.717, 1.165) is 5.56 Å². The Balaban J connectivity index is 2.10. The fourth-order valence-corrected chi connectivity index (χ4v) is 2.17. The Morgan fingerprint density at radius 1 is 1.05 bits per heavy atom. The summed E-state index contributed by atoms with van der Waals surface area (Å²) >= 11 is 0. The van der Waals surface area contributed by atoms with Crippen LogP contribution in [-0.2, 0) is 6.42 Å². The second-order valence-electron chi connectivity index (χ2n) is 4.81. The molecule has 98 valence electrons. The molecule has 0 aliphatic heterocycles. The lowest BCUT2D eigenvalue weighted by Gasteiger charge is -2.07. The summed E-state index contributed by atoms with van der Waals surface area (Å²) in [5.41, 5.74) is 3.68. The van der Waals surface area contributed by atoms with Crippen LogP contribution in [0.2, 0.25) is 0 Å². The Morgan fingerprint density at radius 3 is 2.53 bits per heavy atom. The van der Waals surface area contributed by atoms with Crippen LogP contribution >= 0.6 is 0 Å². The third kappa shape index (κ3) is 3.28. The SMILES string of the molecule is Cc1ccccc1CCC(=O)c1cc(F)ccc1C. The van der Waals surface area contributed by atoms with Gasteiger partial charge < -0.3 is 0 Å². The number of hydrogen-bond acceptors (Lipinski definition) is 1. The predicted molar refractivity (Wildman–Crippen MR) is 75.0 cm³/mol. The average molecular weight is 256 g/mol. The van der Waals surface area contributed by atoms with Crippen molar-refractivity contribution in [1.82, 2.24) is 0 Å². The highest BCUT2D eigenvalue weighted by Crippen LogP contribution is 2.15. The molecule has 19 heavy (non-hydrogen) atoms. The molecular weight excluding hydrogens is 239 g/mol. The van der Waals surface area contributed by atoms with Crippen LogP contribution in [0.1, 0.15) is 33.5 Å². The number of benzene rings is 2. The van der Waals surface area contributed by atoms with E-state index < -0.39 is 0 Å². The second kappa shape index (κ2) is 5.79. The zero-order valence-corrected chi connectivity index (χ0v) is 11.2. The molecule has 0 heterocycles. The third-order valence-corrected chi connectivity index (χ3v) is 3.38. The van der Waals surface area contributed by atoms with Gasteiger partial charge in [-0.2, -0.15) is 0 Å². The van der Waals surface area contributed by atoms with Gasteiger partial charge in [0.15, 0.2) is 5.78 Å². The first-order valence-corrected chi connectivity index (χ1v) is 6.42. The third-order valence-electron chi connectivity index (χ3n) is 3.38. The molecule has 2 rings (SSSR count). The molecule has 0 unspecified atom stereocenters. The van der Waals surface area contributed by atoms with Gasteiger partial charge in [-0.15, -0.1) is 0 Å². The van der Waals surface area contributed by atoms with Gasteiger partial charge >= 0.3 is 0 Å². The molecule has 0 spiro atoms. The van der Waals surface area contributed by atoms with Crippen LogP contribution in [0.25, 0.3) is 0 Å². The van der Waals surface area contributed by atoms with Crippen molar-refractivity contribution in [3.05, 3.63) is 70.5 Å². The molecule has 0 aliphatic carbocycles. The van der Waals surface area contributed by atoms with Crippen molar-refractivity contribution in [3.8, 4) is 0 Å². The molecule has 0 aliphatic rings. The van der Waals surface area contributed by atoms with Crippen molar-refractivity contribution in [1.29, 1.82) is 0 Å². The molecule has 2 aromatic carbocycles. The van der Waals surface area contributed by atoms with Crippen LogP contribution in [0.15, 0.2) is 42.5 Å². The van der Waals surface area contributed by atoms with Crippen LogP contribution in [0, 0.1) is 19.7 Å². The van der Waals surface area contributed by atoms with E-state index in [1.165, 1.54) is 23.3 Å². The smallest absolute Gasteiger partial charge is 0.163 e. The lowest BCUT2D eigenvalue weighted by atomic mass is 9.97. The second-order valence-corrected chi connectivity index (χ2v) is 4.81. The quantitative estimate of drug-likeness (QED) is 0.747. The van der Waals surface area contributed by atoms with Gasteiger partial charge in [-0.05, 0) is 49.1 Å². The van der Waals surface area contributed by atoms with Crippen molar-refractivity contribution < 1.29 is 9.18 Å². The zero-order valence-electron chi connectivity index (χ0n) is 11.2. The lowest BCUT2D eigenvalue weighted by Crippen LogP contribution is -2.04. The molecule has 0 aromatic heterocycles. The van der Waals surface area contributed by atoms with E-state index in [-0.39, 0.29) is 11.6 Å². The molecule has 1 nitrogen and oxygen atoms in total. The van der Waals surface area contributed by atoms with Gasteiger partial charge in [-0.25, -0.2) is 4.39 Å². The summed E-state index contributed by atoms with van der Waals surface area (Å²) < 4.78 is 13.2. The summed E-state index contributed by atoms with van der Waals surface area (Å²) in [4.78, 5) is 12.1. The maximum atomic E-state index is 13.2. The van der Waals surface area contributed by atoms with E-state index in [1.807, 2.05) is 38.1 Å². The zero-order chi connectivity index (χ0) is 13.8. The van der Waals surface area contributed by atoms with Crippen LogP contribution in [0.3, 0.4) is 0 Å². The maximum Gasteiger partial charge on any atom is 0.163 e. The van der Waals surface area contributed by atoms with Crippen molar-refractivity contribution in [3.63, 3.8) is 0 Å². The Labute approximate surface area is 113 Å². The molecule has 2 heteroatoms. The summed E-state index contributed by atoms with van der Waals surface area (Å²) in [5.74, 6) is -0.356. The van der Waals surface area contributed by atoms with Gasteiger partial charge in [0, 0.05) is 12.0 Å². The van der Waals surface area contributed by atoms with Crippen LogP contribution in [0.4, 0.5) is 4.39 Å². The first-order valence-electron chi connectivity index (χ1n) is 6.42. The van der Waals surface area contributed by atoms with E-state index in [2.05, 4.69) is 0 Å². The van der Waals surface area contributed by atoms with Gasteiger partial charge in [0.2, 0.25) is 0 Å². The molecule has 0 saturated heterocycles. The highest BCUT2D eigenvalue weighted by molar-refractivity contribution is 5.97. The standard InChI is InChI=1S/C17H17FO/c1-12-5-3-4-6-14(12)8-10-17(19)16-11-15(18)9-7-13(16)2/h3-7,9,11H,8,10H2,1-2H3. The Kier molecular flexibility index (Phi) is 4.10. The number of hydrogen-bond donors (Lipinski definition) is 0. The minimum Gasteiger partial charge on any atom is -0.294 e. The monoisotopic (exact) mass is 256 g/mol. The number of Topliss-reactive ketones (excluding diaryl/α,β-unsaturated/α-hetero) is 1. The Bertz CT molecular complexity index is 602. The van der Waals surface area contributed by atoms with Crippen molar-refractivity contribution in [2.45, 2.75) is 26.7 Å². The van der Waals surface area contributed by atoms with E-state index in [0.29, 0.717) is 18.4 Å². The van der Waals surface area contributed by atoms with E-state index >= 15 is 0 Å². The average Bonchev–Trinajstić information content (AvgIpc) is 2.40. The maximum absolute atomic E-state index is 13.2. The van der Waals surface area contributed by atoms with Crippen LogP contribution < -0.4 is 0 Å². The first-order chi connectivity index (χ1) is 9.08. The number of rotatable bonds is 4. The van der Waals surface area contributed by atoms with E-state index in [9.17, 15) is 9.18 Å². The van der Waals surface area contributed by atoms with E-state index in [4.69, 9.17) is 0 Å². The molecule has 0 N–H and O–H groups in total. The highest BCUT2D eigenvalue weighted by Gasteiger charge is 2.10. The molecule has 0 atom stereocenters. The fourth-order valence-electron chi connectivity index (χ4n) is 2.17. The van der Waals surface area contributed by atoms with Crippen LogP contribution in [0.5, 0.6) is 0 Å².